The van der Waals surface area contributed by atoms with E-state index in [0.29, 0.717) is 49.8 Å². The third kappa shape index (κ3) is 7.14. The number of aromatic nitrogens is 5. The molecule has 1 fully saturated rings. The Morgan fingerprint density at radius 3 is 2.41 bits per heavy atom. The van der Waals surface area contributed by atoms with Crippen molar-refractivity contribution in [3.05, 3.63) is 77.3 Å². The van der Waals surface area contributed by atoms with Gasteiger partial charge in [-0.25, -0.2) is 28.2 Å². The molecule has 0 spiro atoms. The van der Waals surface area contributed by atoms with Crippen molar-refractivity contribution in [2.45, 2.75) is 70.1 Å². The van der Waals surface area contributed by atoms with E-state index in [-0.39, 0.29) is 11.4 Å². The molecule has 12 nitrogen and oxygen atoms in total. The fourth-order valence-corrected chi connectivity index (χ4v) is 6.26. The summed E-state index contributed by atoms with van der Waals surface area (Å²) in [7, 11) is 1.69. The lowest BCUT2D eigenvalue weighted by Crippen LogP contribution is -2.50. The zero-order valence-corrected chi connectivity index (χ0v) is 28.9. The summed E-state index contributed by atoms with van der Waals surface area (Å²) in [6, 6.07) is 10.6. The van der Waals surface area contributed by atoms with Gasteiger partial charge in [-0.2, -0.15) is 19.0 Å². The predicted octanol–water partition coefficient (Wildman–Crippen LogP) is 6.45. The molecule has 2 amide bonds. The predicted molar refractivity (Wildman–Crippen MR) is 180 cm³/mol. The Morgan fingerprint density at radius 2 is 1.82 bits per heavy atom. The first-order valence-electron chi connectivity index (χ1n) is 16.0. The number of alkyl carbamates (subject to hydrolysis) is 1. The van der Waals surface area contributed by atoms with Crippen molar-refractivity contribution in [3.8, 4) is 22.5 Å². The first-order valence-corrected chi connectivity index (χ1v) is 16.4. The maximum Gasteiger partial charge on any atom is 0.407 e. The highest BCUT2D eigenvalue weighted by Crippen LogP contribution is 2.56. The Morgan fingerprint density at radius 1 is 1.12 bits per heavy atom. The topological polar surface area (TPSA) is 146 Å². The van der Waals surface area contributed by atoms with Crippen LogP contribution in [0.4, 0.5) is 22.4 Å². The van der Waals surface area contributed by atoms with Crippen LogP contribution in [0.25, 0.3) is 22.5 Å². The zero-order chi connectivity index (χ0) is 36.9. The van der Waals surface area contributed by atoms with Crippen LogP contribution in [0.15, 0.2) is 66.2 Å². The van der Waals surface area contributed by atoms with Crippen LogP contribution in [0.5, 0.6) is 0 Å². The largest absolute Gasteiger partial charge is 0.447 e. The number of nitrogens with zero attached hydrogens (tertiary/aromatic N) is 7. The molecular formula is C34H36ClF4N9O3. The molecule has 2 aliphatic rings. The molecule has 4 aromatic rings. The number of hydrogen-bond acceptors (Lipinski definition) is 8. The average molecular weight is 730 g/mol. The molecule has 51 heavy (non-hydrogen) atoms. The number of guanidine groups is 1. The molecule has 0 saturated heterocycles. The minimum atomic E-state index is -2.88. The highest BCUT2D eigenvalue weighted by molar-refractivity contribution is 6.33. The summed E-state index contributed by atoms with van der Waals surface area (Å²) in [6.45, 7) is 1.06. The summed E-state index contributed by atoms with van der Waals surface area (Å²) in [5.41, 5.74) is 5.41. The lowest BCUT2D eigenvalue weighted by atomic mass is 9.79. The van der Waals surface area contributed by atoms with Crippen molar-refractivity contribution < 1.29 is 31.9 Å². The van der Waals surface area contributed by atoms with E-state index in [0.717, 1.165) is 26.7 Å². The lowest BCUT2D eigenvalue weighted by molar-refractivity contribution is -0.134. The molecule has 2 aromatic heterocycles. The number of halogens is 5. The monoisotopic (exact) mass is 729 g/mol. The third-order valence-corrected chi connectivity index (χ3v) is 9.61. The Bertz CT molecular complexity index is 1980. The Kier molecular flexibility index (Phi) is 9.33. The number of rotatable bonds is 12. The molecule has 1 aliphatic heterocycles. The highest BCUT2D eigenvalue weighted by atomic mass is 35.5. The second-order valence-electron chi connectivity index (χ2n) is 13.8. The van der Waals surface area contributed by atoms with Gasteiger partial charge >= 0.3 is 12.6 Å². The SMILES string of the molecule is Cn1cnc(-c2cc([C@@H](COC(=O)NC(C)(C)C(F)F)N3C(=O)[C@@](CC4(C)CC4)(c4ccc(-c5cnn(C(F)F)c5)cc4)N=C3N)ccc2Cl)n1. The van der Waals surface area contributed by atoms with E-state index in [2.05, 4.69) is 20.5 Å². The molecule has 0 bridgehead atoms. The molecule has 0 unspecified atom stereocenters. The van der Waals surface area contributed by atoms with Crippen molar-refractivity contribution in [1.82, 2.24) is 34.8 Å². The number of hydrogen-bond donors (Lipinski definition) is 2. The Labute approximate surface area is 295 Å². The van der Waals surface area contributed by atoms with Gasteiger partial charge in [0.25, 0.3) is 12.3 Å². The van der Waals surface area contributed by atoms with Gasteiger partial charge < -0.3 is 15.8 Å². The van der Waals surface area contributed by atoms with E-state index < -0.39 is 48.7 Å². The number of nitrogens with two attached hydrogens (primary N) is 1. The molecule has 6 rings (SSSR count). The fraction of sp³-hybridized carbons (Fsp3) is 0.412. The molecule has 0 radical (unpaired) electrons. The van der Waals surface area contributed by atoms with E-state index in [9.17, 15) is 27.2 Å². The Hall–Kier alpha value is -4.99. The van der Waals surface area contributed by atoms with Gasteiger partial charge in [0, 0.05) is 24.4 Å². The minimum absolute atomic E-state index is 0.152. The number of aryl methyl sites for hydroxylation is 1. The molecule has 2 atom stereocenters. The van der Waals surface area contributed by atoms with Crippen molar-refractivity contribution in [2.75, 3.05) is 6.61 Å². The normalized spacial score (nSPS) is 19.1. The van der Waals surface area contributed by atoms with E-state index >= 15 is 0 Å². The molecule has 17 heteroatoms. The van der Waals surface area contributed by atoms with Gasteiger partial charge in [-0.15, -0.1) is 0 Å². The molecule has 2 aromatic carbocycles. The molecular weight excluding hydrogens is 694 g/mol. The number of ether oxygens (including phenoxy) is 1. The molecule has 270 valence electrons. The molecule has 3 heterocycles. The van der Waals surface area contributed by atoms with Crippen LogP contribution in [0.3, 0.4) is 0 Å². The molecule has 1 saturated carbocycles. The highest BCUT2D eigenvalue weighted by Gasteiger charge is 2.57. The van der Waals surface area contributed by atoms with Crippen molar-refractivity contribution in [1.29, 1.82) is 0 Å². The van der Waals surface area contributed by atoms with Crippen LogP contribution in [-0.4, -0.2) is 66.0 Å². The van der Waals surface area contributed by atoms with Crippen molar-refractivity contribution >= 4 is 29.6 Å². The van der Waals surface area contributed by atoms with Gasteiger partial charge in [0.2, 0.25) is 0 Å². The van der Waals surface area contributed by atoms with Gasteiger partial charge in [0.05, 0.1) is 22.8 Å². The first kappa shape index (κ1) is 35.8. The lowest BCUT2D eigenvalue weighted by Gasteiger charge is -2.33. The van der Waals surface area contributed by atoms with Crippen LogP contribution in [0.1, 0.15) is 63.8 Å². The summed E-state index contributed by atoms with van der Waals surface area (Å²) in [5.74, 6) is -0.355. The second-order valence-corrected chi connectivity index (χ2v) is 14.2. The third-order valence-electron chi connectivity index (χ3n) is 9.28. The summed E-state index contributed by atoms with van der Waals surface area (Å²) in [5, 5.41) is 10.5. The number of nitrogens with one attached hydrogen (secondary N) is 1. The summed E-state index contributed by atoms with van der Waals surface area (Å²) in [4.78, 5) is 38.1. The van der Waals surface area contributed by atoms with Crippen molar-refractivity contribution in [2.24, 2.45) is 23.2 Å². The number of carbonyl (C=O) groups is 2. The molecule has 1 aliphatic carbocycles. The number of amides is 2. The van der Waals surface area contributed by atoms with Crippen LogP contribution < -0.4 is 11.1 Å². The van der Waals surface area contributed by atoms with Crippen molar-refractivity contribution in [3.63, 3.8) is 0 Å². The number of alkyl halides is 4. The van der Waals surface area contributed by atoms with Crippen LogP contribution >= 0.6 is 11.6 Å². The number of aliphatic imine (C=N–C) groups is 1. The van der Waals surface area contributed by atoms with E-state index in [1.165, 1.54) is 28.3 Å². The van der Waals surface area contributed by atoms with Crippen LogP contribution in [0.2, 0.25) is 5.02 Å². The van der Waals surface area contributed by atoms with Gasteiger partial charge in [0.1, 0.15) is 12.9 Å². The fourth-order valence-electron chi connectivity index (χ4n) is 6.06. The van der Waals surface area contributed by atoms with Gasteiger partial charge in [-0.05, 0) is 67.3 Å². The maximum atomic E-state index is 14.9. The quantitative estimate of drug-likeness (QED) is 0.160. The number of carbonyl (C=O) groups excluding carboxylic acids is 2. The summed E-state index contributed by atoms with van der Waals surface area (Å²) in [6.07, 6.45) is 2.04. The summed E-state index contributed by atoms with van der Waals surface area (Å²) >= 11 is 6.54. The van der Waals surface area contributed by atoms with Gasteiger partial charge in [0.15, 0.2) is 17.3 Å². The zero-order valence-electron chi connectivity index (χ0n) is 28.2. The maximum absolute atomic E-state index is 14.9. The van der Waals surface area contributed by atoms with Gasteiger partial charge in [-0.1, -0.05) is 48.9 Å². The van der Waals surface area contributed by atoms with E-state index in [1.807, 2.05) is 6.92 Å². The smallest absolute Gasteiger partial charge is 0.407 e. The van der Waals surface area contributed by atoms with Crippen LogP contribution in [0, 0.1) is 5.41 Å². The van der Waals surface area contributed by atoms with E-state index in [1.54, 1.807) is 49.5 Å². The standard InChI is InChI=1S/C34H36ClF4N9O3/c1-32(2,27(36)37)44-31(50)51-16-25(20-7-10-24(35)23(13-20)26-41-18-46(4)45-26)48-28(49)34(43-30(48)40,17-33(3)11-12-33)22-8-5-19(6-9-22)21-14-42-47(15-21)29(38)39/h5-10,13-15,18,25,27,29H,11-12,16-17H2,1-4H3,(H2,40,43)(H,44,50)/t25-,34-/m1/s1. The first-order chi connectivity index (χ1) is 24.0. The molecule has 3 N–H and O–H groups in total. The average Bonchev–Trinajstić information content (AvgIpc) is 3.38. The van der Waals surface area contributed by atoms with Crippen LogP contribution in [-0.2, 0) is 22.1 Å². The number of benzene rings is 2. The minimum Gasteiger partial charge on any atom is -0.447 e. The summed E-state index contributed by atoms with van der Waals surface area (Å²) < 4.78 is 61.0. The van der Waals surface area contributed by atoms with Gasteiger partial charge in [-0.3, -0.25) is 14.4 Å². The van der Waals surface area contributed by atoms with E-state index in [4.69, 9.17) is 27.1 Å². The Balaban J connectivity index is 1.39. The second kappa shape index (κ2) is 13.3.